The predicted molar refractivity (Wildman–Crippen MR) is 96.8 cm³/mol. The number of benzene rings is 3. The van der Waals surface area contributed by atoms with Crippen molar-refractivity contribution in [2.75, 3.05) is 0 Å². The molecule has 0 atom stereocenters. The van der Waals surface area contributed by atoms with Crippen LogP contribution < -0.4 is 0 Å². The second-order valence-electron chi connectivity index (χ2n) is 5.29. The second kappa shape index (κ2) is 8.63. The van der Waals surface area contributed by atoms with Crippen molar-refractivity contribution in [3.8, 4) is 0 Å². The van der Waals surface area contributed by atoms with Crippen LogP contribution in [0.25, 0.3) is 5.57 Å². The molecule has 0 saturated heterocycles. The SMILES string of the molecule is C=C(Cc1ccccc1)c1ccccc1.Cc1ccccc1. The zero-order valence-electron chi connectivity index (χ0n) is 13.1. The van der Waals surface area contributed by atoms with Crippen LogP contribution in [0, 0.1) is 6.92 Å². The normalized spacial score (nSPS) is 9.50. The van der Waals surface area contributed by atoms with Gasteiger partial charge in [-0.2, -0.15) is 0 Å². The Balaban J connectivity index is 0.000000211. The Morgan fingerprint density at radius 3 is 1.59 bits per heavy atom. The summed E-state index contributed by atoms with van der Waals surface area (Å²) < 4.78 is 0. The summed E-state index contributed by atoms with van der Waals surface area (Å²) in [5.74, 6) is 0. The lowest BCUT2D eigenvalue weighted by molar-refractivity contribution is 1.29. The molecule has 0 aliphatic carbocycles. The van der Waals surface area contributed by atoms with Crippen LogP contribution in [0.2, 0.25) is 0 Å². The Morgan fingerprint density at radius 2 is 1.14 bits per heavy atom. The first-order valence-electron chi connectivity index (χ1n) is 7.54. The van der Waals surface area contributed by atoms with E-state index in [9.17, 15) is 0 Å². The molecule has 0 aliphatic rings. The smallest absolute Gasteiger partial charge is 0.00257 e. The minimum Gasteiger partial charge on any atom is -0.0949 e. The summed E-state index contributed by atoms with van der Waals surface area (Å²) in [6, 6.07) is 31.0. The van der Waals surface area contributed by atoms with E-state index in [1.54, 1.807) is 0 Å². The van der Waals surface area contributed by atoms with E-state index in [1.807, 2.05) is 42.5 Å². The van der Waals surface area contributed by atoms with Crippen LogP contribution >= 0.6 is 0 Å². The standard InChI is InChI=1S/C15H14.C7H8/c1-13(15-10-6-3-7-11-15)12-14-8-4-2-5-9-14;1-7-5-3-2-4-6-7/h2-11H,1,12H2;2-6H,1H3. The van der Waals surface area contributed by atoms with Gasteiger partial charge in [-0.05, 0) is 30.0 Å². The molecule has 110 valence electrons. The molecule has 0 spiro atoms. The van der Waals surface area contributed by atoms with Crippen molar-refractivity contribution in [2.24, 2.45) is 0 Å². The number of hydrogen-bond acceptors (Lipinski definition) is 0. The molecule has 0 unspecified atom stereocenters. The molecule has 0 N–H and O–H groups in total. The van der Waals surface area contributed by atoms with Crippen molar-refractivity contribution in [1.82, 2.24) is 0 Å². The number of hydrogen-bond donors (Lipinski definition) is 0. The van der Waals surface area contributed by atoms with Crippen molar-refractivity contribution >= 4 is 5.57 Å². The molecule has 0 aliphatic heterocycles. The minimum atomic E-state index is 0.921. The van der Waals surface area contributed by atoms with Gasteiger partial charge >= 0.3 is 0 Å². The summed E-state index contributed by atoms with van der Waals surface area (Å²) in [6.07, 6.45) is 0.921. The topological polar surface area (TPSA) is 0 Å². The average molecular weight is 286 g/mol. The van der Waals surface area contributed by atoms with E-state index in [0.29, 0.717) is 0 Å². The Hall–Kier alpha value is -2.60. The number of rotatable bonds is 3. The van der Waals surface area contributed by atoms with Crippen LogP contribution in [0.5, 0.6) is 0 Å². The molecule has 3 aromatic carbocycles. The van der Waals surface area contributed by atoms with Gasteiger partial charge in [0.2, 0.25) is 0 Å². The van der Waals surface area contributed by atoms with Gasteiger partial charge in [-0.3, -0.25) is 0 Å². The highest BCUT2D eigenvalue weighted by molar-refractivity contribution is 5.65. The molecule has 0 bridgehead atoms. The summed E-state index contributed by atoms with van der Waals surface area (Å²) >= 11 is 0. The maximum absolute atomic E-state index is 4.12. The first-order chi connectivity index (χ1) is 10.8. The lowest BCUT2D eigenvalue weighted by Crippen LogP contribution is -1.88. The first kappa shape index (κ1) is 15.8. The van der Waals surface area contributed by atoms with Gasteiger partial charge in [-0.25, -0.2) is 0 Å². The highest BCUT2D eigenvalue weighted by Crippen LogP contribution is 2.16. The van der Waals surface area contributed by atoms with E-state index in [-0.39, 0.29) is 0 Å². The summed E-state index contributed by atoms with van der Waals surface area (Å²) in [6.45, 7) is 6.20. The highest BCUT2D eigenvalue weighted by Gasteiger charge is 1.98. The summed E-state index contributed by atoms with van der Waals surface area (Å²) in [5.41, 5.74) is 5.03. The first-order valence-corrected chi connectivity index (χ1v) is 7.54. The van der Waals surface area contributed by atoms with Crippen LogP contribution in [0.4, 0.5) is 0 Å². The fourth-order valence-electron chi connectivity index (χ4n) is 2.15. The Bertz CT molecular complexity index is 667. The third-order valence-electron chi connectivity index (χ3n) is 3.38. The molecule has 3 rings (SSSR count). The summed E-state index contributed by atoms with van der Waals surface area (Å²) in [4.78, 5) is 0. The molecule has 0 amide bonds. The molecule has 0 aromatic heterocycles. The zero-order valence-corrected chi connectivity index (χ0v) is 13.1. The van der Waals surface area contributed by atoms with Gasteiger partial charge in [-0.1, -0.05) is 103 Å². The van der Waals surface area contributed by atoms with Crippen molar-refractivity contribution < 1.29 is 0 Å². The largest absolute Gasteiger partial charge is 0.0949 e. The van der Waals surface area contributed by atoms with Gasteiger partial charge in [0.15, 0.2) is 0 Å². The average Bonchev–Trinajstić information content (AvgIpc) is 2.58. The predicted octanol–water partition coefficient (Wildman–Crippen LogP) is 5.94. The molecular formula is C22H22. The van der Waals surface area contributed by atoms with E-state index in [0.717, 1.165) is 6.42 Å². The van der Waals surface area contributed by atoms with Crippen LogP contribution in [0.3, 0.4) is 0 Å². The quantitative estimate of drug-likeness (QED) is 0.559. The van der Waals surface area contributed by atoms with Gasteiger partial charge in [0.1, 0.15) is 0 Å². The van der Waals surface area contributed by atoms with E-state index >= 15 is 0 Å². The number of allylic oxidation sites excluding steroid dienone is 1. The van der Waals surface area contributed by atoms with Crippen LogP contribution in [-0.2, 0) is 6.42 Å². The van der Waals surface area contributed by atoms with Gasteiger partial charge < -0.3 is 0 Å². The molecule has 0 nitrogen and oxygen atoms in total. The summed E-state index contributed by atoms with van der Waals surface area (Å²) in [7, 11) is 0. The van der Waals surface area contributed by atoms with Crippen molar-refractivity contribution in [1.29, 1.82) is 0 Å². The molecule has 0 heterocycles. The molecule has 0 saturated carbocycles. The van der Waals surface area contributed by atoms with Crippen LogP contribution in [0.15, 0.2) is 97.6 Å². The van der Waals surface area contributed by atoms with E-state index in [2.05, 4.69) is 62.0 Å². The Labute approximate surface area is 133 Å². The Morgan fingerprint density at radius 1 is 0.682 bits per heavy atom. The highest BCUT2D eigenvalue weighted by atomic mass is 14.0. The van der Waals surface area contributed by atoms with E-state index < -0.39 is 0 Å². The molecule has 0 fully saturated rings. The third kappa shape index (κ3) is 5.41. The minimum absolute atomic E-state index is 0.921. The van der Waals surface area contributed by atoms with E-state index in [4.69, 9.17) is 0 Å². The molecule has 22 heavy (non-hydrogen) atoms. The van der Waals surface area contributed by atoms with Gasteiger partial charge in [0, 0.05) is 0 Å². The number of aryl methyl sites for hydroxylation is 1. The molecular weight excluding hydrogens is 264 g/mol. The third-order valence-corrected chi connectivity index (χ3v) is 3.38. The van der Waals surface area contributed by atoms with Gasteiger partial charge in [-0.15, -0.1) is 0 Å². The zero-order chi connectivity index (χ0) is 15.6. The fourth-order valence-corrected chi connectivity index (χ4v) is 2.15. The van der Waals surface area contributed by atoms with Crippen LogP contribution in [-0.4, -0.2) is 0 Å². The van der Waals surface area contributed by atoms with Gasteiger partial charge in [0.05, 0.1) is 0 Å². The van der Waals surface area contributed by atoms with Crippen molar-refractivity contribution in [3.05, 3.63) is 114 Å². The lowest BCUT2D eigenvalue weighted by Gasteiger charge is -2.05. The van der Waals surface area contributed by atoms with E-state index in [1.165, 1.54) is 22.3 Å². The van der Waals surface area contributed by atoms with Crippen molar-refractivity contribution in [3.63, 3.8) is 0 Å². The Kier molecular flexibility index (Phi) is 6.19. The maximum Gasteiger partial charge on any atom is -0.00257 e. The van der Waals surface area contributed by atoms with Gasteiger partial charge in [0.25, 0.3) is 0 Å². The van der Waals surface area contributed by atoms with Crippen LogP contribution in [0.1, 0.15) is 16.7 Å². The molecule has 0 heteroatoms. The van der Waals surface area contributed by atoms with Crippen molar-refractivity contribution in [2.45, 2.75) is 13.3 Å². The molecule has 3 aromatic rings. The maximum atomic E-state index is 4.12. The fraction of sp³-hybridized carbons (Fsp3) is 0.0909. The summed E-state index contributed by atoms with van der Waals surface area (Å²) in [5, 5.41) is 0. The monoisotopic (exact) mass is 286 g/mol. The molecule has 0 radical (unpaired) electrons. The lowest BCUT2D eigenvalue weighted by atomic mass is 10.00. The second-order valence-corrected chi connectivity index (χ2v) is 5.29.